The topological polar surface area (TPSA) is 20.2 Å². The molecule has 4 heteroatoms. The number of aliphatic hydroxyl groups excluding tert-OH is 1. The summed E-state index contributed by atoms with van der Waals surface area (Å²) in [5, 5.41) is 10.6. The maximum atomic E-state index is 13.7. The number of benzene rings is 2. The summed E-state index contributed by atoms with van der Waals surface area (Å²) in [6, 6.07) is 10.2. The number of rotatable bonds is 3. The zero-order chi connectivity index (χ0) is 14.0. The van der Waals surface area contributed by atoms with Crippen LogP contribution in [0.3, 0.4) is 0 Å². The lowest BCUT2D eigenvalue weighted by atomic mass is 10.00. The van der Waals surface area contributed by atoms with E-state index < -0.39 is 11.9 Å². The lowest BCUT2D eigenvalue weighted by Crippen LogP contribution is -2.04. The van der Waals surface area contributed by atoms with Crippen LogP contribution in [0.5, 0.6) is 0 Å². The van der Waals surface area contributed by atoms with Gasteiger partial charge in [0.15, 0.2) is 0 Å². The fraction of sp³-hybridized carbons (Fsp3) is 0.200. The summed E-state index contributed by atoms with van der Waals surface area (Å²) in [5.74, 6) is -0.390. The molecule has 0 heterocycles. The Labute approximate surface area is 125 Å². The normalized spacial score (nSPS) is 12.5. The van der Waals surface area contributed by atoms with Crippen molar-refractivity contribution in [3.63, 3.8) is 0 Å². The molecule has 0 aliphatic rings. The first-order valence-electron chi connectivity index (χ1n) is 5.85. The van der Waals surface area contributed by atoms with Gasteiger partial charge in [0.25, 0.3) is 0 Å². The predicted octanol–water partition coefficient (Wildman–Crippen LogP) is 4.83. The Bertz CT molecular complexity index is 580. The summed E-state index contributed by atoms with van der Waals surface area (Å²) in [6.45, 7) is 1.95. The standard InChI is InChI=1S/C15H13BrClFO/c1-9-4-11(6-12(16)5-9)15(19)7-10-2-3-13(17)8-14(10)18/h2-6,8,15,19H,7H2,1H3. The van der Waals surface area contributed by atoms with E-state index in [0.29, 0.717) is 10.6 Å². The third kappa shape index (κ3) is 3.78. The monoisotopic (exact) mass is 342 g/mol. The second-order valence-corrected chi connectivity index (χ2v) is 5.87. The van der Waals surface area contributed by atoms with Crippen LogP contribution < -0.4 is 0 Å². The fourth-order valence-electron chi connectivity index (χ4n) is 1.97. The van der Waals surface area contributed by atoms with E-state index in [2.05, 4.69) is 15.9 Å². The van der Waals surface area contributed by atoms with Crippen molar-refractivity contribution in [1.82, 2.24) is 0 Å². The van der Waals surface area contributed by atoms with Gasteiger partial charge in [0.2, 0.25) is 0 Å². The van der Waals surface area contributed by atoms with Crippen LogP contribution >= 0.6 is 27.5 Å². The van der Waals surface area contributed by atoms with Crippen molar-refractivity contribution in [2.75, 3.05) is 0 Å². The average Bonchev–Trinajstić information content (AvgIpc) is 2.31. The average molecular weight is 344 g/mol. The van der Waals surface area contributed by atoms with Crippen LogP contribution in [-0.4, -0.2) is 5.11 Å². The van der Waals surface area contributed by atoms with Crippen LogP contribution in [0.15, 0.2) is 40.9 Å². The smallest absolute Gasteiger partial charge is 0.127 e. The van der Waals surface area contributed by atoms with Gasteiger partial charge in [-0.1, -0.05) is 39.7 Å². The largest absolute Gasteiger partial charge is 0.388 e. The first kappa shape index (κ1) is 14.5. The highest BCUT2D eigenvalue weighted by Crippen LogP contribution is 2.25. The molecule has 2 aromatic carbocycles. The van der Waals surface area contributed by atoms with Gasteiger partial charge in [0.05, 0.1) is 6.10 Å². The van der Waals surface area contributed by atoms with Crippen molar-refractivity contribution in [3.8, 4) is 0 Å². The van der Waals surface area contributed by atoms with Gasteiger partial charge in [0.1, 0.15) is 5.82 Å². The highest BCUT2D eigenvalue weighted by atomic mass is 79.9. The molecule has 0 amide bonds. The van der Waals surface area contributed by atoms with Crippen LogP contribution in [0, 0.1) is 12.7 Å². The molecule has 0 spiro atoms. The fourth-order valence-corrected chi connectivity index (χ4v) is 2.75. The van der Waals surface area contributed by atoms with E-state index in [1.165, 1.54) is 6.07 Å². The lowest BCUT2D eigenvalue weighted by molar-refractivity contribution is 0.177. The van der Waals surface area contributed by atoms with Crippen LogP contribution in [0.1, 0.15) is 22.8 Å². The van der Waals surface area contributed by atoms with Gasteiger partial charge in [-0.15, -0.1) is 0 Å². The molecule has 0 aliphatic carbocycles. The van der Waals surface area contributed by atoms with Crippen molar-refractivity contribution < 1.29 is 9.50 Å². The summed E-state index contributed by atoms with van der Waals surface area (Å²) < 4.78 is 14.6. The Kier molecular flexibility index (Phi) is 4.61. The molecule has 2 rings (SSSR count). The van der Waals surface area contributed by atoms with Gasteiger partial charge >= 0.3 is 0 Å². The molecular weight excluding hydrogens is 331 g/mol. The molecule has 0 aliphatic heterocycles. The van der Waals surface area contributed by atoms with E-state index >= 15 is 0 Å². The van der Waals surface area contributed by atoms with E-state index in [1.807, 2.05) is 25.1 Å². The van der Waals surface area contributed by atoms with Crippen molar-refractivity contribution in [2.45, 2.75) is 19.4 Å². The molecule has 19 heavy (non-hydrogen) atoms. The summed E-state index contributed by atoms with van der Waals surface area (Å²) in [4.78, 5) is 0. The van der Waals surface area contributed by atoms with Gasteiger partial charge in [-0.05, 0) is 47.9 Å². The van der Waals surface area contributed by atoms with Gasteiger partial charge in [-0.2, -0.15) is 0 Å². The minimum absolute atomic E-state index is 0.221. The number of aryl methyl sites for hydroxylation is 1. The van der Waals surface area contributed by atoms with E-state index in [0.717, 1.165) is 15.6 Å². The van der Waals surface area contributed by atoms with Gasteiger partial charge in [-0.25, -0.2) is 4.39 Å². The Morgan fingerprint density at radius 3 is 2.63 bits per heavy atom. The number of hydrogen-bond acceptors (Lipinski definition) is 1. The molecule has 0 bridgehead atoms. The van der Waals surface area contributed by atoms with E-state index in [-0.39, 0.29) is 6.42 Å². The van der Waals surface area contributed by atoms with Gasteiger partial charge in [0, 0.05) is 15.9 Å². The summed E-state index contributed by atoms with van der Waals surface area (Å²) in [5.41, 5.74) is 2.26. The zero-order valence-electron chi connectivity index (χ0n) is 10.3. The molecule has 0 saturated heterocycles. The molecule has 100 valence electrons. The zero-order valence-corrected chi connectivity index (χ0v) is 12.7. The molecular formula is C15H13BrClFO. The Hall–Kier alpha value is -0.900. The molecule has 1 unspecified atom stereocenters. The molecule has 2 aromatic rings. The molecule has 1 nitrogen and oxygen atoms in total. The van der Waals surface area contributed by atoms with Gasteiger partial charge < -0.3 is 5.11 Å². The van der Waals surface area contributed by atoms with Crippen LogP contribution in [0.4, 0.5) is 4.39 Å². The number of aliphatic hydroxyl groups is 1. The first-order chi connectivity index (χ1) is 8.95. The predicted molar refractivity (Wildman–Crippen MR) is 79.0 cm³/mol. The minimum atomic E-state index is -0.744. The molecule has 0 radical (unpaired) electrons. The highest BCUT2D eigenvalue weighted by molar-refractivity contribution is 9.10. The number of halogens is 3. The van der Waals surface area contributed by atoms with Crippen molar-refractivity contribution >= 4 is 27.5 Å². The Morgan fingerprint density at radius 1 is 1.26 bits per heavy atom. The second kappa shape index (κ2) is 6.04. The molecule has 1 atom stereocenters. The van der Waals surface area contributed by atoms with Crippen molar-refractivity contribution in [2.24, 2.45) is 0 Å². The van der Waals surface area contributed by atoms with Crippen LogP contribution in [-0.2, 0) is 6.42 Å². The van der Waals surface area contributed by atoms with Crippen LogP contribution in [0.25, 0.3) is 0 Å². The lowest BCUT2D eigenvalue weighted by Gasteiger charge is -2.13. The van der Waals surface area contributed by atoms with Gasteiger partial charge in [-0.3, -0.25) is 0 Å². The maximum absolute atomic E-state index is 13.7. The summed E-state index contributed by atoms with van der Waals surface area (Å²) >= 11 is 9.09. The maximum Gasteiger partial charge on any atom is 0.127 e. The highest BCUT2D eigenvalue weighted by Gasteiger charge is 2.13. The number of hydrogen-bond donors (Lipinski definition) is 1. The quantitative estimate of drug-likeness (QED) is 0.846. The molecule has 1 N–H and O–H groups in total. The van der Waals surface area contributed by atoms with Crippen LogP contribution in [0.2, 0.25) is 5.02 Å². The summed E-state index contributed by atoms with van der Waals surface area (Å²) in [6.07, 6.45) is -0.523. The van der Waals surface area contributed by atoms with E-state index in [9.17, 15) is 9.50 Å². The van der Waals surface area contributed by atoms with Crippen molar-refractivity contribution in [1.29, 1.82) is 0 Å². The SMILES string of the molecule is Cc1cc(Br)cc(C(O)Cc2ccc(Cl)cc2F)c1. The first-order valence-corrected chi connectivity index (χ1v) is 7.02. The molecule has 0 aromatic heterocycles. The summed E-state index contributed by atoms with van der Waals surface area (Å²) in [7, 11) is 0. The van der Waals surface area contributed by atoms with E-state index in [1.54, 1.807) is 12.1 Å². The second-order valence-electron chi connectivity index (χ2n) is 4.52. The van der Waals surface area contributed by atoms with E-state index in [4.69, 9.17) is 11.6 Å². The molecule has 0 fully saturated rings. The Balaban J connectivity index is 2.22. The minimum Gasteiger partial charge on any atom is -0.388 e. The molecule has 0 saturated carbocycles. The third-order valence-electron chi connectivity index (χ3n) is 2.88. The third-order valence-corrected chi connectivity index (χ3v) is 3.57. The Morgan fingerprint density at radius 2 is 2.00 bits per heavy atom. The van der Waals surface area contributed by atoms with Crippen molar-refractivity contribution in [3.05, 3.63) is 68.4 Å².